The molecule has 1 aliphatic carbocycles. The molecule has 1 aliphatic heterocycles. The molecule has 3 heterocycles. The van der Waals surface area contributed by atoms with Gasteiger partial charge in [-0.15, -0.1) is 5.10 Å². The van der Waals surface area contributed by atoms with Crippen LogP contribution in [0.25, 0.3) is 11.3 Å². The molecule has 0 spiro atoms. The van der Waals surface area contributed by atoms with Gasteiger partial charge in [0.05, 0.1) is 6.20 Å². The third kappa shape index (κ3) is 4.33. The monoisotopic (exact) mass is 466 g/mol. The smallest absolute Gasteiger partial charge is 0.258 e. The van der Waals surface area contributed by atoms with Crippen molar-refractivity contribution >= 4 is 5.82 Å². The summed E-state index contributed by atoms with van der Waals surface area (Å²) >= 11 is 0. The largest absolute Gasteiger partial charge is 0.490 e. The molecule has 34 heavy (non-hydrogen) atoms. The summed E-state index contributed by atoms with van der Waals surface area (Å²) in [5.41, 5.74) is 7.61. The molecule has 0 amide bonds. The van der Waals surface area contributed by atoms with E-state index < -0.39 is 11.9 Å². The zero-order chi connectivity index (χ0) is 24.4. The van der Waals surface area contributed by atoms with Crippen molar-refractivity contribution in [2.45, 2.75) is 58.3 Å². The van der Waals surface area contributed by atoms with Gasteiger partial charge in [0.2, 0.25) is 5.88 Å². The second kappa shape index (κ2) is 9.55. The standard InChI is InChI=1S/C22H21FN6O3.C2H6/c1-11-15-7-12(23)3-6-18(15)31-13-4-5-14(8-13)32-21-19(17(9-24)29(2)28-21)16-10-26-20(25)22(27-16)30-11;1-2/h3,6-7,10-11,13-14H,4-5,8H2,1-2H3,(H2,25,26);1-2H3. The average Bonchev–Trinajstić information content (AvgIpc) is 3.40. The van der Waals surface area contributed by atoms with E-state index in [9.17, 15) is 9.65 Å². The SMILES string of the molecule is CC.CC1Oc2nc(cnc2N)-c2c(nn(C)c2C#N)OC2CCC(C2)Oc2ccc(F)cc21. The number of nitrogens with zero attached hydrogens (tertiary/aromatic N) is 5. The number of fused-ring (bicyclic) bond motifs is 7. The fourth-order valence-electron chi connectivity index (χ4n) is 4.16. The average molecular weight is 467 g/mol. The van der Waals surface area contributed by atoms with Crippen molar-refractivity contribution in [2.75, 3.05) is 5.73 Å². The zero-order valence-corrected chi connectivity index (χ0v) is 19.6. The lowest BCUT2D eigenvalue weighted by Crippen LogP contribution is -2.19. The van der Waals surface area contributed by atoms with Gasteiger partial charge in [0, 0.05) is 19.0 Å². The fourth-order valence-corrected chi connectivity index (χ4v) is 4.16. The molecule has 0 saturated heterocycles. The number of aryl methyl sites for hydroxylation is 1. The number of nitriles is 1. The van der Waals surface area contributed by atoms with E-state index in [0.29, 0.717) is 34.9 Å². The summed E-state index contributed by atoms with van der Waals surface area (Å²) in [6, 6.07) is 6.49. The number of nitrogens with two attached hydrogens (primary N) is 1. The highest BCUT2D eigenvalue weighted by Gasteiger charge is 2.32. The van der Waals surface area contributed by atoms with Gasteiger partial charge in [-0.2, -0.15) is 5.26 Å². The molecular formula is C24H27FN6O3. The first-order valence-corrected chi connectivity index (χ1v) is 11.3. The molecular weight excluding hydrogens is 439 g/mol. The quantitative estimate of drug-likeness (QED) is 0.520. The summed E-state index contributed by atoms with van der Waals surface area (Å²) < 4.78 is 33.9. The van der Waals surface area contributed by atoms with E-state index >= 15 is 0 Å². The van der Waals surface area contributed by atoms with Gasteiger partial charge in [0.25, 0.3) is 5.88 Å². The van der Waals surface area contributed by atoms with Crippen molar-refractivity contribution in [3.63, 3.8) is 0 Å². The van der Waals surface area contributed by atoms with E-state index in [4.69, 9.17) is 19.9 Å². The Labute approximate surface area is 197 Å². The van der Waals surface area contributed by atoms with Gasteiger partial charge in [0.15, 0.2) is 11.5 Å². The molecule has 5 rings (SSSR count). The molecule has 178 valence electrons. The summed E-state index contributed by atoms with van der Waals surface area (Å²) in [6.45, 7) is 5.76. The Morgan fingerprint density at radius 3 is 2.62 bits per heavy atom. The number of benzene rings is 1. The molecule has 0 radical (unpaired) electrons. The molecule has 3 aromatic rings. The topological polar surface area (TPSA) is 121 Å². The number of rotatable bonds is 0. The number of ether oxygens (including phenoxy) is 3. The predicted octanol–water partition coefficient (Wildman–Crippen LogP) is 4.33. The Bertz CT molecular complexity index is 1240. The van der Waals surface area contributed by atoms with E-state index in [-0.39, 0.29) is 29.6 Å². The molecule has 9 nitrogen and oxygen atoms in total. The third-order valence-electron chi connectivity index (χ3n) is 5.75. The minimum atomic E-state index is -0.618. The summed E-state index contributed by atoms with van der Waals surface area (Å²) in [5, 5.41) is 14.1. The van der Waals surface area contributed by atoms with Gasteiger partial charge in [-0.05, 0) is 38.0 Å². The minimum Gasteiger partial charge on any atom is -0.490 e. The van der Waals surface area contributed by atoms with Crippen molar-refractivity contribution < 1.29 is 18.6 Å². The normalized spacial score (nSPS) is 20.6. The number of aromatic nitrogens is 4. The van der Waals surface area contributed by atoms with Crippen LogP contribution in [0.4, 0.5) is 10.2 Å². The Morgan fingerprint density at radius 2 is 1.88 bits per heavy atom. The fraction of sp³-hybridized carbons (Fsp3) is 0.417. The molecule has 10 heteroatoms. The van der Waals surface area contributed by atoms with Crippen LogP contribution < -0.4 is 19.9 Å². The summed E-state index contributed by atoms with van der Waals surface area (Å²) in [7, 11) is 1.67. The molecule has 2 N–H and O–H groups in total. The van der Waals surface area contributed by atoms with Crippen molar-refractivity contribution in [3.05, 3.63) is 41.5 Å². The van der Waals surface area contributed by atoms with E-state index in [1.165, 1.54) is 23.0 Å². The van der Waals surface area contributed by atoms with Crippen LogP contribution in [0.2, 0.25) is 0 Å². The molecule has 2 aromatic heterocycles. The highest BCUT2D eigenvalue weighted by atomic mass is 19.1. The maximum absolute atomic E-state index is 14.1. The van der Waals surface area contributed by atoms with Crippen LogP contribution in [0.1, 0.15) is 57.4 Å². The number of halogens is 1. The van der Waals surface area contributed by atoms with E-state index in [0.717, 1.165) is 12.8 Å². The number of hydrogen-bond acceptors (Lipinski definition) is 8. The zero-order valence-electron chi connectivity index (χ0n) is 19.6. The Balaban J connectivity index is 0.00000133. The highest BCUT2D eigenvalue weighted by molar-refractivity contribution is 5.71. The van der Waals surface area contributed by atoms with E-state index in [1.54, 1.807) is 20.0 Å². The minimum absolute atomic E-state index is 0.0592. The number of anilines is 1. The van der Waals surface area contributed by atoms with Gasteiger partial charge >= 0.3 is 0 Å². The van der Waals surface area contributed by atoms with Crippen LogP contribution in [0.15, 0.2) is 24.4 Å². The third-order valence-corrected chi connectivity index (χ3v) is 5.75. The summed E-state index contributed by atoms with van der Waals surface area (Å²) in [6.07, 6.45) is 2.73. The Hall–Kier alpha value is -3.87. The molecule has 3 atom stereocenters. The van der Waals surface area contributed by atoms with Crippen molar-refractivity contribution in [2.24, 2.45) is 7.05 Å². The predicted molar refractivity (Wildman–Crippen MR) is 123 cm³/mol. The maximum atomic E-state index is 14.1. The summed E-state index contributed by atoms with van der Waals surface area (Å²) in [5.74, 6) is 0.561. The lowest BCUT2D eigenvalue weighted by molar-refractivity contribution is 0.154. The molecule has 4 bridgehead atoms. The maximum Gasteiger partial charge on any atom is 0.258 e. The van der Waals surface area contributed by atoms with Crippen LogP contribution in [0, 0.1) is 17.1 Å². The van der Waals surface area contributed by atoms with Crippen LogP contribution in [0.3, 0.4) is 0 Å². The second-order valence-electron chi connectivity index (χ2n) is 7.94. The van der Waals surface area contributed by atoms with Crippen LogP contribution in [0.5, 0.6) is 17.5 Å². The molecule has 2 aliphatic rings. The van der Waals surface area contributed by atoms with Gasteiger partial charge in [-0.25, -0.2) is 14.4 Å². The lowest BCUT2D eigenvalue weighted by Gasteiger charge is -2.22. The first-order chi connectivity index (χ1) is 16.4. The van der Waals surface area contributed by atoms with Crippen LogP contribution in [-0.2, 0) is 7.05 Å². The first-order valence-electron chi connectivity index (χ1n) is 11.3. The van der Waals surface area contributed by atoms with Gasteiger partial charge in [-0.1, -0.05) is 13.8 Å². The number of hydrogen-bond donors (Lipinski definition) is 1. The van der Waals surface area contributed by atoms with Crippen LogP contribution >= 0.6 is 0 Å². The van der Waals surface area contributed by atoms with Gasteiger partial charge in [-0.3, -0.25) is 4.68 Å². The Kier molecular flexibility index (Phi) is 6.54. The van der Waals surface area contributed by atoms with Crippen molar-refractivity contribution in [1.82, 2.24) is 19.7 Å². The van der Waals surface area contributed by atoms with Crippen LogP contribution in [-0.4, -0.2) is 32.0 Å². The molecule has 1 fully saturated rings. The highest BCUT2D eigenvalue weighted by Crippen LogP contribution is 2.39. The van der Waals surface area contributed by atoms with Crippen molar-refractivity contribution in [1.29, 1.82) is 5.26 Å². The van der Waals surface area contributed by atoms with Gasteiger partial charge < -0.3 is 19.9 Å². The number of nitrogen functional groups attached to an aromatic ring is 1. The van der Waals surface area contributed by atoms with E-state index in [2.05, 4.69) is 21.1 Å². The molecule has 3 unspecified atom stereocenters. The lowest BCUT2D eigenvalue weighted by atomic mass is 10.1. The Morgan fingerprint density at radius 1 is 1.15 bits per heavy atom. The first kappa shape index (κ1) is 23.3. The molecule has 1 saturated carbocycles. The summed E-state index contributed by atoms with van der Waals surface area (Å²) in [4.78, 5) is 8.69. The second-order valence-corrected chi connectivity index (χ2v) is 7.94. The van der Waals surface area contributed by atoms with E-state index in [1.807, 2.05) is 13.8 Å². The van der Waals surface area contributed by atoms with Gasteiger partial charge in [0.1, 0.15) is 47.2 Å². The van der Waals surface area contributed by atoms with Crippen molar-refractivity contribution in [3.8, 4) is 34.8 Å². The molecule has 1 aromatic carbocycles.